The van der Waals surface area contributed by atoms with Crippen molar-refractivity contribution in [3.63, 3.8) is 0 Å². The zero-order valence-corrected chi connectivity index (χ0v) is 13.1. The van der Waals surface area contributed by atoms with Crippen LogP contribution < -0.4 is 10.5 Å². The highest BCUT2D eigenvalue weighted by Crippen LogP contribution is 2.22. The van der Waals surface area contributed by atoms with Crippen molar-refractivity contribution < 1.29 is 4.74 Å². The lowest BCUT2D eigenvalue weighted by atomic mass is 10.1. The van der Waals surface area contributed by atoms with Crippen molar-refractivity contribution in [2.75, 3.05) is 13.7 Å². The quantitative estimate of drug-likeness (QED) is 0.779. The van der Waals surface area contributed by atoms with Gasteiger partial charge in [0, 0.05) is 23.7 Å². The number of nitrogens with zero attached hydrogens (tertiary/aromatic N) is 1. The summed E-state index contributed by atoms with van der Waals surface area (Å²) in [6.45, 7) is 8.53. The largest absolute Gasteiger partial charge is 0.496 e. The molecule has 0 amide bonds. The lowest BCUT2D eigenvalue weighted by Crippen LogP contribution is -2.31. The summed E-state index contributed by atoms with van der Waals surface area (Å²) in [6.07, 6.45) is 1.13. The molecule has 0 fully saturated rings. The van der Waals surface area contributed by atoms with E-state index in [1.54, 1.807) is 7.11 Å². The predicted molar refractivity (Wildman–Crippen MR) is 84.7 cm³/mol. The highest BCUT2D eigenvalue weighted by molar-refractivity contribution is 7.80. The molecule has 19 heavy (non-hydrogen) atoms. The molecule has 0 saturated carbocycles. The first-order valence-electron chi connectivity index (χ1n) is 6.70. The normalized spacial score (nSPS) is 11.1. The molecule has 0 saturated heterocycles. The van der Waals surface area contributed by atoms with Gasteiger partial charge >= 0.3 is 0 Å². The van der Waals surface area contributed by atoms with Crippen LogP contribution in [0.1, 0.15) is 38.3 Å². The maximum atomic E-state index is 5.70. The average Bonchev–Trinajstić information content (AvgIpc) is 2.37. The fourth-order valence-corrected chi connectivity index (χ4v) is 2.21. The maximum absolute atomic E-state index is 5.70. The van der Waals surface area contributed by atoms with Gasteiger partial charge in [-0.2, -0.15) is 0 Å². The first-order chi connectivity index (χ1) is 8.99. The number of ether oxygens (including phenoxy) is 1. The van der Waals surface area contributed by atoms with Crippen molar-refractivity contribution in [2.24, 2.45) is 5.73 Å². The minimum absolute atomic E-state index is 0.426. The summed E-state index contributed by atoms with van der Waals surface area (Å²) < 4.78 is 5.43. The standard InChI is InChI=1S/C15H24N2OS/c1-5-8-17(11(2)3)10-13-9-12(15(16)19)6-7-14(13)18-4/h6-7,9,11H,5,8,10H2,1-4H3,(H2,16,19). The zero-order chi connectivity index (χ0) is 14.4. The second-order valence-electron chi connectivity index (χ2n) is 4.96. The first-order valence-corrected chi connectivity index (χ1v) is 7.11. The predicted octanol–water partition coefficient (Wildman–Crippen LogP) is 2.95. The fraction of sp³-hybridized carbons (Fsp3) is 0.533. The second kappa shape index (κ2) is 7.46. The minimum Gasteiger partial charge on any atom is -0.496 e. The van der Waals surface area contributed by atoms with E-state index in [4.69, 9.17) is 22.7 Å². The molecule has 0 unspecified atom stereocenters. The molecule has 0 spiro atoms. The van der Waals surface area contributed by atoms with Crippen LogP contribution in [0.15, 0.2) is 18.2 Å². The molecule has 4 heteroatoms. The van der Waals surface area contributed by atoms with E-state index in [0.29, 0.717) is 11.0 Å². The minimum atomic E-state index is 0.426. The summed E-state index contributed by atoms with van der Waals surface area (Å²) in [5.74, 6) is 0.891. The monoisotopic (exact) mass is 280 g/mol. The molecule has 1 aromatic rings. The molecule has 0 heterocycles. The summed E-state index contributed by atoms with van der Waals surface area (Å²) in [6, 6.07) is 6.38. The number of nitrogens with two attached hydrogens (primary N) is 1. The lowest BCUT2D eigenvalue weighted by Gasteiger charge is -2.27. The van der Waals surface area contributed by atoms with Gasteiger partial charge < -0.3 is 10.5 Å². The summed E-state index contributed by atoms with van der Waals surface area (Å²) in [7, 11) is 1.69. The van der Waals surface area contributed by atoms with Gasteiger partial charge in [0.15, 0.2) is 0 Å². The third-order valence-corrected chi connectivity index (χ3v) is 3.42. The van der Waals surface area contributed by atoms with Crippen LogP contribution in [0.5, 0.6) is 5.75 Å². The summed E-state index contributed by atoms with van der Waals surface area (Å²) >= 11 is 5.04. The smallest absolute Gasteiger partial charge is 0.123 e. The van der Waals surface area contributed by atoms with Crippen molar-refractivity contribution in [3.8, 4) is 5.75 Å². The number of hydrogen-bond acceptors (Lipinski definition) is 3. The fourth-order valence-electron chi connectivity index (χ4n) is 2.08. The Morgan fingerprint density at radius 2 is 2.11 bits per heavy atom. The molecule has 0 aromatic heterocycles. The van der Waals surface area contributed by atoms with E-state index in [1.807, 2.05) is 18.2 Å². The third kappa shape index (κ3) is 4.48. The van der Waals surface area contributed by atoms with E-state index < -0.39 is 0 Å². The molecule has 2 N–H and O–H groups in total. The van der Waals surface area contributed by atoms with Crippen molar-refractivity contribution in [1.29, 1.82) is 0 Å². The Morgan fingerprint density at radius 1 is 1.42 bits per heavy atom. The van der Waals surface area contributed by atoms with Gasteiger partial charge in [0.2, 0.25) is 0 Å². The second-order valence-corrected chi connectivity index (χ2v) is 5.39. The lowest BCUT2D eigenvalue weighted by molar-refractivity contribution is 0.210. The van der Waals surface area contributed by atoms with E-state index in [9.17, 15) is 0 Å². The van der Waals surface area contributed by atoms with Crippen molar-refractivity contribution in [1.82, 2.24) is 4.90 Å². The van der Waals surface area contributed by atoms with E-state index in [-0.39, 0.29) is 0 Å². The molecule has 1 aromatic carbocycles. The molecular weight excluding hydrogens is 256 g/mol. The van der Waals surface area contributed by atoms with Crippen LogP contribution in [0.3, 0.4) is 0 Å². The number of methoxy groups -OCH3 is 1. The van der Waals surface area contributed by atoms with Gasteiger partial charge in [0.1, 0.15) is 10.7 Å². The number of hydrogen-bond donors (Lipinski definition) is 1. The Morgan fingerprint density at radius 3 is 2.58 bits per heavy atom. The molecular formula is C15H24N2OS. The summed E-state index contributed by atoms with van der Waals surface area (Å²) in [5.41, 5.74) is 7.73. The van der Waals surface area contributed by atoms with Gasteiger partial charge in [-0.15, -0.1) is 0 Å². The SMILES string of the molecule is CCCN(Cc1cc(C(N)=S)ccc1OC)C(C)C. The van der Waals surface area contributed by atoms with Crippen LogP contribution in [0.25, 0.3) is 0 Å². The van der Waals surface area contributed by atoms with E-state index in [2.05, 4.69) is 25.7 Å². The maximum Gasteiger partial charge on any atom is 0.123 e. The highest BCUT2D eigenvalue weighted by Gasteiger charge is 2.13. The Balaban J connectivity index is 3.01. The molecule has 0 aliphatic rings. The number of thiocarbonyl (C=S) groups is 1. The topological polar surface area (TPSA) is 38.5 Å². The number of benzene rings is 1. The molecule has 106 valence electrons. The molecule has 0 aliphatic heterocycles. The Labute approximate surface area is 121 Å². The van der Waals surface area contributed by atoms with Crippen molar-refractivity contribution >= 4 is 17.2 Å². The van der Waals surface area contributed by atoms with Gasteiger partial charge in [-0.3, -0.25) is 4.90 Å². The molecule has 0 radical (unpaired) electrons. The summed E-state index contributed by atoms with van der Waals surface area (Å²) in [4.78, 5) is 2.84. The van der Waals surface area contributed by atoms with Gasteiger partial charge in [-0.1, -0.05) is 19.1 Å². The van der Waals surface area contributed by atoms with Gasteiger partial charge in [0.05, 0.1) is 7.11 Å². The van der Waals surface area contributed by atoms with Crippen LogP contribution in [0.2, 0.25) is 0 Å². The van der Waals surface area contributed by atoms with Crippen molar-refractivity contribution in [2.45, 2.75) is 39.8 Å². The van der Waals surface area contributed by atoms with Crippen LogP contribution in [-0.4, -0.2) is 29.6 Å². The van der Waals surface area contributed by atoms with E-state index >= 15 is 0 Å². The third-order valence-electron chi connectivity index (χ3n) is 3.18. The molecule has 0 aliphatic carbocycles. The van der Waals surface area contributed by atoms with Gasteiger partial charge in [-0.05, 0) is 45.0 Å². The Kier molecular flexibility index (Phi) is 6.25. The molecule has 0 bridgehead atoms. The molecule has 3 nitrogen and oxygen atoms in total. The Bertz CT molecular complexity index is 432. The number of rotatable bonds is 7. The average molecular weight is 280 g/mol. The van der Waals surface area contributed by atoms with Crippen LogP contribution in [0.4, 0.5) is 0 Å². The van der Waals surface area contributed by atoms with E-state index in [1.165, 1.54) is 0 Å². The van der Waals surface area contributed by atoms with Gasteiger partial charge in [0.25, 0.3) is 0 Å². The first kappa shape index (κ1) is 15.9. The van der Waals surface area contributed by atoms with E-state index in [0.717, 1.165) is 36.4 Å². The van der Waals surface area contributed by atoms with Crippen LogP contribution >= 0.6 is 12.2 Å². The molecule has 1 rings (SSSR count). The van der Waals surface area contributed by atoms with Gasteiger partial charge in [-0.25, -0.2) is 0 Å². The van der Waals surface area contributed by atoms with Crippen molar-refractivity contribution in [3.05, 3.63) is 29.3 Å². The highest BCUT2D eigenvalue weighted by atomic mass is 32.1. The van der Waals surface area contributed by atoms with Crippen LogP contribution in [0, 0.1) is 0 Å². The summed E-state index contributed by atoms with van der Waals surface area (Å²) in [5, 5.41) is 0. The van der Waals surface area contributed by atoms with Crippen LogP contribution in [-0.2, 0) is 6.54 Å². The molecule has 0 atom stereocenters. The zero-order valence-electron chi connectivity index (χ0n) is 12.3. The Hall–Kier alpha value is -1.13.